The van der Waals surface area contributed by atoms with E-state index in [2.05, 4.69) is 11.9 Å². The predicted octanol–water partition coefficient (Wildman–Crippen LogP) is 3.07. The minimum Gasteiger partial charge on any atom is -0.388 e. The molecule has 13 heavy (non-hydrogen) atoms. The molecule has 0 aliphatic rings. The molecule has 0 spiro atoms. The zero-order chi connectivity index (χ0) is 9.68. The lowest BCUT2D eigenvalue weighted by atomic mass is 10.1. The van der Waals surface area contributed by atoms with Gasteiger partial charge in [0.15, 0.2) is 0 Å². The normalized spacial score (nSPS) is 13.2. The Kier molecular flexibility index (Phi) is 4.39. The Hall–Kier alpha value is -0.410. The molecule has 0 amide bonds. The highest BCUT2D eigenvalue weighted by atomic mass is 32.1. The molecule has 0 radical (unpaired) electrons. The summed E-state index contributed by atoms with van der Waals surface area (Å²) in [6, 6.07) is 0. The van der Waals surface area contributed by atoms with Crippen molar-refractivity contribution in [2.24, 2.45) is 0 Å². The largest absolute Gasteiger partial charge is 0.388 e. The molecule has 0 bridgehead atoms. The zero-order valence-electron chi connectivity index (χ0n) is 8.29. The fourth-order valence-corrected chi connectivity index (χ4v) is 2.07. The summed E-state index contributed by atoms with van der Waals surface area (Å²) in [5.41, 5.74) is 0. The number of thiazole rings is 1. The van der Waals surface area contributed by atoms with Gasteiger partial charge in [0.1, 0.15) is 0 Å². The van der Waals surface area contributed by atoms with E-state index < -0.39 is 0 Å². The van der Waals surface area contributed by atoms with E-state index in [1.54, 1.807) is 17.5 Å². The first kappa shape index (κ1) is 10.7. The highest BCUT2D eigenvalue weighted by Gasteiger charge is 2.09. The monoisotopic (exact) mass is 199 g/mol. The van der Waals surface area contributed by atoms with E-state index in [4.69, 9.17) is 0 Å². The molecule has 1 N–H and O–H groups in total. The molecule has 1 unspecified atom stereocenters. The molecule has 0 saturated heterocycles. The second-order valence-corrected chi connectivity index (χ2v) is 4.56. The van der Waals surface area contributed by atoms with Gasteiger partial charge in [-0.2, -0.15) is 0 Å². The van der Waals surface area contributed by atoms with Crippen molar-refractivity contribution in [2.75, 3.05) is 0 Å². The van der Waals surface area contributed by atoms with Gasteiger partial charge in [0.2, 0.25) is 0 Å². The van der Waals surface area contributed by atoms with Crippen molar-refractivity contribution in [3.63, 3.8) is 0 Å². The maximum atomic E-state index is 9.73. The molecule has 0 aromatic carbocycles. The van der Waals surface area contributed by atoms with Gasteiger partial charge in [-0.25, -0.2) is 4.98 Å². The summed E-state index contributed by atoms with van der Waals surface area (Å²) in [5, 5.41) is 10.8. The van der Waals surface area contributed by atoms with Crippen LogP contribution >= 0.6 is 11.3 Å². The van der Waals surface area contributed by atoms with E-state index >= 15 is 0 Å². The minimum absolute atomic E-state index is 0.294. The van der Waals surface area contributed by atoms with Gasteiger partial charge in [-0.1, -0.05) is 26.2 Å². The molecular formula is C10H17NOS. The summed E-state index contributed by atoms with van der Waals surface area (Å²) in [6.07, 6.45) is 5.88. The molecule has 1 aromatic rings. The van der Waals surface area contributed by atoms with Crippen LogP contribution in [0.4, 0.5) is 0 Å². The summed E-state index contributed by atoms with van der Waals surface area (Å²) in [7, 11) is 0. The first-order chi connectivity index (χ1) is 6.24. The van der Waals surface area contributed by atoms with Gasteiger partial charge < -0.3 is 5.11 Å². The third-order valence-electron chi connectivity index (χ3n) is 2.05. The van der Waals surface area contributed by atoms with E-state index in [9.17, 15) is 5.11 Å². The summed E-state index contributed by atoms with van der Waals surface area (Å²) < 4.78 is 0. The lowest BCUT2D eigenvalue weighted by molar-refractivity contribution is 0.167. The van der Waals surface area contributed by atoms with E-state index in [0.717, 1.165) is 22.7 Å². The Bertz CT molecular complexity index is 247. The second-order valence-electron chi connectivity index (χ2n) is 3.29. The smallest absolute Gasteiger partial charge is 0.0898 e. The summed E-state index contributed by atoms with van der Waals surface area (Å²) >= 11 is 1.59. The standard InChI is InChI=1S/C10H17NOS/c1-3-4-5-6-9(12)10-7-11-8(2)13-10/h7,9,12H,3-6H2,1-2H3. The SMILES string of the molecule is CCCCCC(O)c1cnc(C)s1. The van der Waals surface area contributed by atoms with E-state index in [1.165, 1.54) is 12.8 Å². The Balaban J connectivity index is 2.35. The number of aliphatic hydroxyl groups excluding tert-OH is 1. The number of aryl methyl sites for hydroxylation is 1. The lowest BCUT2D eigenvalue weighted by Crippen LogP contribution is -1.93. The number of hydrogen-bond donors (Lipinski definition) is 1. The number of nitrogens with zero attached hydrogens (tertiary/aromatic N) is 1. The number of rotatable bonds is 5. The Morgan fingerprint density at radius 2 is 2.31 bits per heavy atom. The van der Waals surface area contributed by atoms with Crippen molar-refractivity contribution in [3.8, 4) is 0 Å². The summed E-state index contributed by atoms with van der Waals surface area (Å²) in [4.78, 5) is 5.13. The lowest BCUT2D eigenvalue weighted by Gasteiger charge is -2.06. The maximum absolute atomic E-state index is 9.73. The maximum Gasteiger partial charge on any atom is 0.0898 e. The second kappa shape index (κ2) is 5.35. The Morgan fingerprint density at radius 1 is 1.54 bits per heavy atom. The fourth-order valence-electron chi connectivity index (χ4n) is 1.26. The fraction of sp³-hybridized carbons (Fsp3) is 0.700. The summed E-state index contributed by atoms with van der Waals surface area (Å²) in [6.45, 7) is 4.14. The number of aliphatic hydroxyl groups is 1. The molecule has 0 saturated carbocycles. The van der Waals surface area contributed by atoms with Crippen molar-refractivity contribution in [1.82, 2.24) is 4.98 Å². The van der Waals surface area contributed by atoms with Gasteiger partial charge in [0.05, 0.1) is 16.0 Å². The number of aromatic nitrogens is 1. The minimum atomic E-state index is -0.294. The Morgan fingerprint density at radius 3 is 2.85 bits per heavy atom. The first-order valence-corrected chi connectivity index (χ1v) is 5.66. The number of unbranched alkanes of at least 4 members (excludes halogenated alkanes) is 2. The van der Waals surface area contributed by atoms with E-state index in [0.29, 0.717) is 0 Å². The third-order valence-corrected chi connectivity index (χ3v) is 3.06. The Labute approximate surface area is 83.6 Å². The van der Waals surface area contributed by atoms with Gasteiger partial charge in [-0.3, -0.25) is 0 Å². The van der Waals surface area contributed by atoms with Crippen LogP contribution in [0.25, 0.3) is 0 Å². The van der Waals surface area contributed by atoms with Crippen LogP contribution in [-0.4, -0.2) is 10.1 Å². The van der Waals surface area contributed by atoms with Crippen LogP contribution in [0, 0.1) is 6.92 Å². The average Bonchev–Trinajstić information content (AvgIpc) is 2.52. The first-order valence-electron chi connectivity index (χ1n) is 4.84. The quantitative estimate of drug-likeness (QED) is 0.739. The number of hydrogen-bond acceptors (Lipinski definition) is 3. The van der Waals surface area contributed by atoms with Crippen LogP contribution < -0.4 is 0 Å². The molecule has 74 valence electrons. The van der Waals surface area contributed by atoms with Gasteiger partial charge in [0, 0.05) is 6.20 Å². The van der Waals surface area contributed by atoms with Crippen LogP contribution in [0.1, 0.15) is 48.6 Å². The van der Waals surface area contributed by atoms with Crippen molar-refractivity contribution < 1.29 is 5.11 Å². The highest BCUT2D eigenvalue weighted by Crippen LogP contribution is 2.24. The van der Waals surface area contributed by atoms with Crippen LogP contribution in [0.15, 0.2) is 6.20 Å². The van der Waals surface area contributed by atoms with Crippen LogP contribution in [0.2, 0.25) is 0 Å². The van der Waals surface area contributed by atoms with Gasteiger partial charge >= 0.3 is 0 Å². The molecule has 1 atom stereocenters. The van der Waals surface area contributed by atoms with Crippen molar-refractivity contribution in [2.45, 2.75) is 45.6 Å². The van der Waals surface area contributed by atoms with Gasteiger partial charge in [-0.05, 0) is 13.3 Å². The topological polar surface area (TPSA) is 33.1 Å². The molecule has 1 heterocycles. The van der Waals surface area contributed by atoms with Crippen molar-refractivity contribution in [3.05, 3.63) is 16.1 Å². The van der Waals surface area contributed by atoms with Gasteiger partial charge in [0.25, 0.3) is 0 Å². The van der Waals surface area contributed by atoms with Gasteiger partial charge in [-0.15, -0.1) is 11.3 Å². The molecule has 1 aromatic heterocycles. The van der Waals surface area contributed by atoms with Crippen LogP contribution in [0.5, 0.6) is 0 Å². The van der Waals surface area contributed by atoms with Crippen molar-refractivity contribution in [1.29, 1.82) is 0 Å². The molecule has 0 aliphatic heterocycles. The van der Waals surface area contributed by atoms with E-state index in [1.807, 2.05) is 6.92 Å². The van der Waals surface area contributed by atoms with Crippen LogP contribution in [0.3, 0.4) is 0 Å². The van der Waals surface area contributed by atoms with Crippen molar-refractivity contribution >= 4 is 11.3 Å². The molecule has 3 heteroatoms. The summed E-state index contributed by atoms with van der Waals surface area (Å²) in [5.74, 6) is 0. The molecular weight excluding hydrogens is 182 g/mol. The molecule has 0 aliphatic carbocycles. The molecule has 2 nitrogen and oxygen atoms in total. The molecule has 0 fully saturated rings. The zero-order valence-corrected chi connectivity index (χ0v) is 9.10. The highest BCUT2D eigenvalue weighted by molar-refractivity contribution is 7.11. The van der Waals surface area contributed by atoms with E-state index in [-0.39, 0.29) is 6.10 Å². The third kappa shape index (κ3) is 3.44. The molecule has 1 rings (SSSR count). The average molecular weight is 199 g/mol. The predicted molar refractivity (Wildman–Crippen MR) is 56.0 cm³/mol. The van der Waals surface area contributed by atoms with Crippen LogP contribution in [-0.2, 0) is 0 Å².